The van der Waals surface area contributed by atoms with Gasteiger partial charge in [0.05, 0.1) is 6.61 Å². The van der Waals surface area contributed by atoms with Crippen LogP contribution in [-0.4, -0.2) is 18.6 Å². The Balaban J connectivity index is 1.83. The van der Waals surface area contributed by atoms with Gasteiger partial charge in [-0.2, -0.15) is 0 Å². The number of rotatable bonds is 7. The highest BCUT2D eigenvalue weighted by atomic mass is 35.5. The molecule has 23 heavy (non-hydrogen) atoms. The van der Waals surface area contributed by atoms with Crippen LogP contribution in [0.1, 0.15) is 19.4 Å². The minimum Gasteiger partial charge on any atom is -0.494 e. The van der Waals surface area contributed by atoms with Crippen molar-refractivity contribution in [2.24, 2.45) is 0 Å². The minimum absolute atomic E-state index is 0.172. The highest BCUT2D eigenvalue weighted by Gasteiger charge is 2.14. The van der Waals surface area contributed by atoms with Gasteiger partial charge in [-0.15, -0.1) is 0 Å². The number of amides is 1. The van der Waals surface area contributed by atoms with Gasteiger partial charge in [-0.25, -0.2) is 0 Å². The van der Waals surface area contributed by atoms with Crippen LogP contribution in [0.3, 0.4) is 0 Å². The van der Waals surface area contributed by atoms with E-state index in [0.29, 0.717) is 23.9 Å². The molecule has 0 aliphatic carbocycles. The molecule has 0 radical (unpaired) electrons. The van der Waals surface area contributed by atoms with Gasteiger partial charge in [0, 0.05) is 11.6 Å². The Kier molecular flexibility index (Phi) is 6.29. The van der Waals surface area contributed by atoms with Gasteiger partial charge in [0.1, 0.15) is 11.5 Å². The van der Waals surface area contributed by atoms with Crippen LogP contribution < -0.4 is 14.8 Å². The van der Waals surface area contributed by atoms with Crippen LogP contribution in [0.15, 0.2) is 48.5 Å². The monoisotopic (exact) mass is 333 g/mol. The molecule has 2 aromatic carbocycles. The van der Waals surface area contributed by atoms with E-state index in [-0.39, 0.29) is 5.91 Å². The molecule has 1 unspecified atom stereocenters. The number of hydrogen-bond donors (Lipinski definition) is 1. The lowest BCUT2D eigenvalue weighted by Gasteiger charge is -2.15. The van der Waals surface area contributed by atoms with Crippen molar-refractivity contribution in [2.45, 2.75) is 26.5 Å². The molecule has 0 spiro atoms. The lowest BCUT2D eigenvalue weighted by Crippen LogP contribution is -2.35. The van der Waals surface area contributed by atoms with Crippen molar-refractivity contribution >= 4 is 17.5 Å². The smallest absolute Gasteiger partial charge is 0.261 e. The summed E-state index contributed by atoms with van der Waals surface area (Å²) in [7, 11) is 0. The normalized spacial score (nSPS) is 11.6. The molecule has 2 aromatic rings. The molecule has 0 aliphatic rings. The summed E-state index contributed by atoms with van der Waals surface area (Å²) in [5, 5.41) is 3.51. The number of carbonyl (C=O) groups excluding carboxylic acids is 1. The summed E-state index contributed by atoms with van der Waals surface area (Å²) < 4.78 is 11.0. The average Bonchev–Trinajstić information content (AvgIpc) is 2.56. The number of benzene rings is 2. The zero-order valence-corrected chi connectivity index (χ0v) is 14.0. The largest absolute Gasteiger partial charge is 0.494 e. The second-order valence-corrected chi connectivity index (χ2v) is 5.45. The first-order valence-electron chi connectivity index (χ1n) is 7.50. The Labute approximate surface area is 141 Å². The predicted molar refractivity (Wildman–Crippen MR) is 91.0 cm³/mol. The first-order chi connectivity index (χ1) is 11.1. The fraction of sp³-hybridized carbons (Fsp3) is 0.278. The zero-order chi connectivity index (χ0) is 16.7. The van der Waals surface area contributed by atoms with Crippen LogP contribution in [0.2, 0.25) is 5.02 Å². The first-order valence-corrected chi connectivity index (χ1v) is 7.88. The lowest BCUT2D eigenvalue weighted by atomic mass is 10.2. The third-order valence-electron chi connectivity index (χ3n) is 3.20. The van der Waals surface area contributed by atoms with Crippen molar-refractivity contribution in [1.29, 1.82) is 0 Å². The molecule has 2 rings (SSSR count). The van der Waals surface area contributed by atoms with E-state index in [1.165, 1.54) is 0 Å². The van der Waals surface area contributed by atoms with Gasteiger partial charge in [0.2, 0.25) is 0 Å². The van der Waals surface area contributed by atoms with Crippen molar-refractivity contribution in [3.05, 3.63) is 59.1 Å². The minimum atomic E-state index is -0.583. The zero-order valence-electron chi connectivity index (χ0n) is 13.2. The first kappa shape index (κ1) is 17.2. The van der Waals surface area contributed by atoms with Gasteiger partial charge >= 0.3 is 0 Å². The van der Waals surface area contributed by atoms with Crippen molar-refractivity contribution in [2.75, 3.05) is 6.61 Å². The molecule has 5 heteroatoms. The van der Waals surface area contributed by atoms with E-state index in [1.807, 2.05) is 31.2 Å². The molecule has 0 saturated heterocycles. The van der Waals surface area contributed by atoms with Gasteiger partial charge in [0.15, 0.2) is 6.10 Å². The summed E-state index contributed by atoms with van der Waals surface area (Å²) in [4.78, 5) is 12.1. The third kappa shape index (κ3) is 5.49. The van der Waals surface area contributed by atoms with E-state index in [0.717, 1.165) is 11.3 Å². The third-order valence-corrected chi connectivity index (χ3v) is 3.45. The number of ether oxygens (including phenoxy) is 2. The Morgan fingerprint density at radius 1 is 1.09 bits per heavy atom. The molecule has 0 bridgehead atoms. The van der Waals surface area contributed by atoms with Crippen LogP contribution in [0.25, 0.3) is 0 Å². The Morgan fingerprint density at radius 2 is 1.70 bits per heavy atom. The molecule has 0 saturated carbocycles. The average molecular weight is 334 g/mol. The summed E-state index contributed by atoms with van der Waals surface area (Å²) in [5.74, 6) is 1.23. The van der Waals surface area contributed by atoms with Crippen molar-refractivity contribution in [3.8, 4) is 11.5 Å². The standard InChI is InChI=1S/C18H20ClNO3/c1-3-22-16-8-10-17(11-9-16)23-13(2)18(21)20-12-14-4-6-15(19)7-5-14/h4-11,13H,3,12H2,1-2H3,(H,20,21). The highest BCUT2D eigenvalue weighted by molar-refractivity contribution is 6.30. The van der Waals surface area contributed by atoms with Gasteiger partial charge in [-0.1, -0.05) is 23.7 Å². The summed E-state index contributed by atoms with van der Waals surface area (Å²) >= 11 is 5.83. The number of halogens is 1. The van der Waals surface area contributed by atoms with Gasteiger partial charge in [-0.05, 0) is 55.8 Å². The molecule has 4 nitrogen and oxygen atoms in total. The van der Waals surface area contributed by atoms with Crippen molar-refractivity contribution in [1.82, 2.24) is 5.32 Å². The van der Waals surface area contributed by atoms with Crippen LogP contribution in [0.5, 0.6) is 11.5 Å². The SMILES string of the molecule is CCOc1ccc(OC(C)C(=O)NCc2ccc(Cl)cc2)cc1. The Bertz CT molecular complexity index is 626. The fourth-order valence-electron chi connectivity index (χ4n) is 1.97. The second kappa shape index (κ2) is 8.44. The molecule has 122 valence electrons. The van der Waals surface area contributed by atoms with Gasteiger partial charge in [0.25, 0.3) is 5.91 Å². The molecule has 1 atom stereocenters. The summed E-state index contributed by atoms with van der Waals surface area (Å²) in [6, 6.07) is 14.5. The van der Waals surface area contributed by atoms with E-state index >= 15 is 0 Å². The predicted octanol–water partition coefficient (Wildman–Crippen LogP) is 3.82. The van der Waals surface area contributed by atoms with E-state index in [2.05, 4.69) is 5.32 Å². The molecular weight excluding hydrogens is 314 g/mol. The molecule has 0 fully saturated rings. The second-order valence-electron chi connectivity index (χ2n) is 5.01. The number of nitrogens with one attached hydrogen (secondary N) is 1. The van der Waals surface area contributed by atoms with Gasteiger partial charge < -0.3 is 14.8 Å². The van der Waals surface area contributed by atoms with Gasteiger partial charge in [-0.3, -0.25) is 4.79 Å². The summed E-state index contributed by atoms with van der Waals surface area (Å²) in [5.41, 5.74) is 0.982. The van der Waals surface area contributed by atoms with E-state index in [9.17, 15) is 4.79 Å². The topological polar surface area (TPSA) is 47.6 Å². The van der Waals surface area contributed by atoms with Crippen LogP contribution in [0.4, 0.5) is 0 Å². The molecule has 1 N–H and O–H groups in total. The Hall–Kier alpha value is -2.20. The quantitative estimate of drug-likeness (QED) is 0.837. The van der Waals surface area contributed by atoms with E-state index in [4.69, 9.17) is 21.1 Å². The van der Waals surface area contributed by atoms with Crippen molar-refractivity contribution < 1.29 is 14.3 Å². The maximum atomic E-state index is 12.1. The summed E-state index contributed by atoms with van der Waals surface area (Å²) in [6.07, 6.45) is -0.583. The maximum Gasteiger partial charge on any atom is 0.261 e. The lowest BCUT2D eigenvalue weighted by molar-refractivity contribution is -0.127. The fourth-order valence-corrected chi connectivity index (χ4v) is 2.10. The molecule has 1 amide bonds. The Morgan fingerprint density at radius 3 is 2.30 bits per heavy atom. The van der Waals surface area contributed by atoms with E-state index < -0.39 is 6.10 Å². The van der Waals surface area contributed by atoms with Crippen LogP contribution in [0, 0.1) is 0 Å². The highest BCUT2D eigenvalue weighted by Crippen LogP contribution is 2.18. The van der Waals surface area contributed by atoms with Crippen LogP contribution in [-0.2, 0) is 11.3 Å². The molecule has 0 aromatic heterocycles. The van der Waals surface area contributed by atoms with Crippen LogP contribution >= 0.6 is 11.6 Å². The summed E-state index contributed by atoms with van der Waals surface area (Å²) in [6.45, 7) is 4.70. The van der Waals surface area contributed by atoms with E-state index in [1.54, 1.807) is 31.2 Å². The molecule has 0 aliphatic heterocycles. The molecular formula is C18H20ClNO3. The maximum absolute atomic E-state index is 12.1. The number of carbonyl (C=O) groups is 1. The number of hydrogen-bond acceptors (Lipinski definition) is 3. The molecule has 0 heterocycles. The van der Waals surface area contributed by atoms with Crippen molar-refractivity contribution in [3.63, 3.8) is 0 Å².